The first kappa shape index (κ1) is 18.9. The Morgan fingerprint density at radius 3 is 2.71 bits per heavy atom. The van der Waals surface area contributed by atoms with Gasteiger partial charge in [-0.05, 0) is 24.5 Å². The van der Waals surface area contributed by atoms with Crippen LogP contribution in [0.4, 0.5) is 4.39 Å². The second kappa shape index (κ2) is 8.51. The zero-order valence-electron chi connectivity index (χ0n) is 11.8. The monoisotopic (exact) mass is 356 g/mol. The predicted octanol–water partition coefficient (Wildman–Crippen LogP) is 3.49. The molecule has 1 fully saturated rings. The van der Waals surface area contributed by atoms with E-state index in [9.17, 15) is 4.39 Å². The Hall–Kier alpha value is -0.100. The van der Waals surface area contributed by atoms with Gasteiger partial charge in [-0.15, -0.1) is 12.4 Å². The molecular formula is C14H20Cl3FN2O. The molecule has 2 N–H and O–H groups in total. The molecule has 1 heterocycles. The Balaban J connectivity index is 0.00000220. The van der Waals surface area contributed by atoms with Gasteiger partial charge >= 0.3 is 0 Å². The number of hydrogen-bond acceptors (Lipinski definition) is 3. The van der Waals surface area contributed by atoms with Crippen molar-refractivity contribution in [2.45, 2.75) is 31.5 Å². The maximum Gasteiger partial charge on any atom is 0.143 e. The minimum Gasteiger partial charge on any atom is -0.381 e. The van der Waals surface area contributed by atoms with Crippen LogP contribution in [-0.4, -0.2) is 37.2 Å². The second-order valence-corrected chi connectivity index (χ2v) is 5.83. The van der Waals surface area contributed by atoms with E-state index >= 15 is 0 Å². The first-order chi connectivity index (χ1) is 9.56. The van der Waals surface area contributed by atoms with Crippen LogP contribution in [-0.2, 0) is 11.3 Å². The summed E-state index contributed by atoms with van der Waals surface area (Å²) in [4.78, 5) is 2.25. The van der Waals surface area contributed by atoms with E-state index in [1.165, 1.54) is 6.07 Å². The van der Waals surface area contributed by atoms with Crippen LogP contribution < -0.4 is 5.73 Å². The fourth-order valence-electron chi connectivity index (χ4n) is 2.64. The van der Waals surface area contributed by atoms with Gasteiger partial charge < -0.3 is 10.5 Å². The molecule has 7 heteroatoms. The molecule has 1 saturated heterocycles. The standard InChI is InChI=1S/C14H19Cl2FN2O.ClH/c1-20-11-4-5-19(10(6-11)7-18)8-9-2-3-12(17)14(16)13(9)15;/h2-3,10-11H,4-8,18H2,1H3;1H. The number of methoxy groups -OCH3 is 1. The Kier molecular flexibility index (Phi) is 7.68. The highest BCUT2D eigenvalue weighted by Gasteiger charge is 2.28. The molecule has 0 aliphatic carbocycles. The van der Waals surface area contributed by atoms with Crippen LogP contribution in [0, 0.1) is 5.82 Å². The van der Waals surface area contributed by atoms with Crippen molar-refractivity contribution >= 4 is 35.6 Å². The zero-order chi connectivity index (χ0) is 14.7. The molecule has 0 radical (unpaired) electrons. The number of rotatable bonds is 4. The summed E-state index contributed by atoms with van der Waals surface area (Å²) in [6.45, 7) is 2.06. The van der Waals surface area contributed by atoms with E-state index in [1.54, 1.807) is 13.2 Å². The number of likely N-dealkylation sites (tertiary alicyclic amines) is 1. The van der Waals surface area contributed by atoms with Crippen LogP contribution in [0.2, 0.25) is 10.0 Å². The molecule has 2 unspecified atom stereocenters. The first-order valence-electron chi connectivity index (χ1n) is 6.66. The van der Waals surface area contributed by atoms with E-state index in [0.29, 0.717) is 13.1 Å². The summed E-state index contributed by atoms with van der Waals surface area (Å²) in [5, 5.41) is 0.275. The lowest BCUT2D eigenvalue weighted by atomic mass is 9.98. The fraction of sp³-hybridized carbons (Fsp3) is 0.571. The van der Waals surface area contributed by atoms with Crippen molar-refractivity contribution in [3.63, 3.8) is 0 Å². The van der Waals surface area contributed by atoms with Crippen molar-refractivity contribution in [2.75, 3.05) is 20.2 Å². The van der Waals surface area contributed by atoms with Gasteiger partial charge in [0.15, 0.2) is 0 Å². The second-order valence-electron chi connectivity index (χ2n) is 5.08. The third kappa shape index (κ3) is 4.44. The molecule has 3 nitrogen and oxygen atoms in total. The van der Waals surface area contributed by atoms with Crippen LogP contribution >= 0.6 is 35.6 Å². The van der Waals surface area contributed by atoms with Gasteiger partial charge in [-0.2, -0.15) is 0 Å². The predicted molar refractivity (Wildman–Crippen MR) is 87.0 cm³/mol. The van der Waals surface area contributed by atoms with Crippen LogP contribution in [0.25, 0.3) is 0 Å². The number of benzene rings is 1. The molecule has 0 aromatic heterocycles. The van der Waals surface area contributed by atoms with Gasteiger partial charge in [-0.25, -0.2) is 4.39 Å². The SMILES string of the molecule is COC1CCN(Cc2ccc(F)c(Cl)c2Cl)C(CN)C1.Cl. The summed E-state index contributed by atoms with van der Waals surface area (Å²) in [5.41, 5.74) is 6.67. The number of halogens is 4. The maximum atomic E-state index is 13.3. The molecule has 0 saturated carbocycles. The minimum absolute atomic E-state index is 0. The van der Waals surface area contributed by atoms with Gasteiger partial charge in [-0.1, -0.05) is 29.3 Å². The summed E-state index contributed by atoms with van der Waals surface area (Å²) >= 11 is 12.0. The van der Waals surface area contributed by atoms with Crippen LogP contribution in [0.15, 0.2) is 12.1 Å². The van der Waals surface area contributed by atoms with E-state index in [0.717, 1.165) is 24.9 Å². The molecule has 2 rings (SSSR count). The highest BCUT2D eigenvalue weighted by Crippen LogP contribution is 2.31. The smallest absolute Gasteiger partial charge is 0.143 e. The molecule has 2 atom stereocenters. The molecule has 1 aromatic carbocycles. The molecule has 1 aliphatic rings. The third-order valence-corrected chi connectivity index (χ3v) is 4.78. The maximum absolute atomic E-state index is 13.3. The van der Waals surface area contributed by atoms with Gasteiger partial charge in [0.25, 0.3) is 0 Å². The van der Waals surface area contributed by atoms with Crippen molar-refractivity contribution in [3.05, 3.63) is 33.6 Å². The lowest BCUT2D eigenvalue weighted by molar-refractivity contribution is 0.0102. The number of piperidine rings is 1. The molecule has 21 heavy (non-hydrogen) atoms. The average Bonchev–Trinajstić information content (AvgIpc) is 2.48. The van der Waals surface area contributed by atoms with Crippen molar-refractivity contribution in [3.8, 4) is 0 Å². The Morgan fingerprint density at radius 1 is 1.38 bits per heavy atom. The van der Waals surface area contributed by atoms with Gasteiger partial charge in [0.05, 0.1) is 16.1 Å². The lowest BCUT2D eigenvalue weighted by Crippen LogP contribution is -2.48. The minimum atomic E-state index is -0.492. The van der Waals surface area contributed by atoms with Gasteiger partial charge in [0.2, 0.25) is 0 Å². The summed E-state index contributed by atoms with van der Waals surface area (Å²) in [7, 11) is 1.73. The number of ether oxygens (including phenoxy) is 1. The van der Waals surface area contributed by atoms with Gasteiger partial charge in [0.1, 0.15) is 5.82 Å². The van der Waals surface area contributed by atoms with E-state index in [4.69, 9.17) is 33.7 Å². The van der Waals surface area contributed by atoms with Crippen molar-refractivity contribution in [1.29, 1.82) is 0 Å². The largest absolute Gasteiger partial charge is 0.381 e. The Bertz CT molecular complexity index is 476. The van der Waals surface area contributed by atoms with E-state index in [1.807, 2.05) is 0 Å². The molecular weight excluding hydrogens is 338 g/mol. The average molecular weight is 358 g/mol. The summed E-state index contributed by atoms with van der Waals surface area (Å²) < 4.78 is 18.7. The highest BCUT2D eigenvalue weighted by molar-refractivity contribution is 6.42. The molecule has 1 aliphatic heterocycles. The summed E-state index contributed by atoms with van der Waals surface area (Å²) in [6, 6.07) is 3.27. The highest BCUT2D eigenvalue weighted by atomic mass is 35.5. The van der Waals surface area contributed by atoms with Crippen LogP contribution in [0.5, 0.6) is 0 Å². The van der Waals surface area contributed by atoms with Crippen molar-refractivity contribution in [1.82, 2.24) is 4.90 Å². The van der Waals surface area contributed by atoms with Crippen LogP contribution in [0.1, 0.15) is 18.4 Å². The zero-order valence-corrected chi connectivity index (χ0v) is 14.1. The topological polar surface area (TPSA) is 38.5 Å². The van der Waals surface area contributed by atoms with Gasteiger partial charge in [0, 0.05) is 32.8 Å². The van der Waals surface area contributed by atoms with E-state index < -0.39 is 5.82 Å². The first-order valence-corrected chi connectivity index (χ1v) is 7.41. The Labute approximate surface area is 140 Å². The summed E-state index contributed by atoms with van der Waals surface area (Å²) in [5.74, 6) is -0.492. The molecule has 0 bridgehead atoms. The normalized spacial score (nSPS) is 22.9. The van der Waals surface area contributed by atoms with E-state index in [-0.39, 0.29) is 34.6 Å². The number of nitrogens with two attached hydrogens (primary N) is 1. The van der Waals surface area contributed by atoms with Gasteiger partial charge in [-0.3, -0.25) is 4.90 Å². The molecule has 0 spiro atoms. The summed E-state index contributed by atoms with van der Waals surface area (Å²) in [6.07, 6.45) is 2.12. The Morgan fingerprint density at radius 2 is 2.10 bits per heavy atom. The van der Waals surface area contributed by atoms with Crippen molar-refractivity contribution < 1.29 is 9.13 Å². The van der Waals surface area contributed by atoms with E-state index in [2.05, 4.69) is 4.90 Å². The number of hydrogen-bond donors (Lipinski definition) is 1. The quantitative estimate of drug-likeness (QED) is 0.838. The number of nitrogens with zero attached hydrogens (tertiary/aromatic N) is 1. The third-order valence-electron chi connectivity index (χ3n) is 3.88. The van der Waals surface area contributed by atoms with Crippen LogP contribution in [0.3, 0.4) is 0 Å². The molecule has 0 amide bonds. The molecule has 120 valence electrons. The molecule has 1 aromatic rings. The van der Waals surface area contributed by atoms with Crippen molar-refractivity contribution in [2.24, 2.45) is 5.73 Å². The lowest BCUT2D eigenvalue weighted by Gasteiger charge is -2.38. The fourth-order valence-corrected chi connectivity index (χ4v) is 3.03.